The van der Waals surface area contributed by atoms with Crippen LogP contribution in [0.15, 0.2) is 0 Å². The van der Waals surface area contributed by atoms with E-state index in [0.717, 1.165) is 0 Å². The van der Waals surface area contributed by atoms with Crippen molar-refractivity contribution in [1.29, 1.82) is 0 Å². The Hall–Kier alpha value is -1.10. The van der Waals surface area contributed by atoms with Gasteiger partial charge in [0.15, 0.2) is 0 Å². The van der Waals surface area contributed by atoms with Gasteiger partial charge >= 0.3 is 11.9 Å². The molecule has 0 aliphatic heterocycles. The van der Waals surface area contributed by atoms with Gasteiger partial charge in [-0.05, 0) is 5.92 Å². The van der Waals surface area contributed by atoms with Crippen molar-refractivity contribution in [3.63, 3.8) is 0 Å². The molecule has 0 saturated carbocycles. The molecule has 1 atom stereocenters. The summed E-state index contributed by atoms with van der Waals surface area (Å²) in [6.07, 6.45) is 0. The summed E-state index contributed by atoms with van der Waals surface area (Å²) in [6, 6.07) is -0.791. The lowest BCUT2D eigenvalue weighted by atomic mass is 10.1. The minimum Gasteiger partial charge on any atom is -0.480 e. The van der Waals surface area contributed by atoms with E-state index in [4.69, 9.17) is 10.2 Å². The van der Waals surface area contributed by atoms with Crippen LogP contribution in [0.25, 0.3) is 0 Å². The van der Waals surface area contributed by atoms with Crippen LogP contribution in [-0.4, -0.2) is 34.7 Å². The first-order valence-corrected chi connectivity index (χ1v) is 3.63. The Kier molecular flexibility index (Phi) is 4.28. The van der Waals surface area contributed by atoms with E-state index < -0.39 is 18.0 Å². The number of carboxylic acid groups (broad SMARTS) is 2. The predicted octanol–water partition coefficient (Wildman–Crippen LogP) is -0.230. The normalized spacial score (nSPS) is 12.9. The molecule has 0 spiro atoms. The third kappa shape index (κ3) is 3.92. The molecule has 5 heteroatoms. The highest BCUT2D eigenvalue weighted by molar-refractivity contribution is 5.75. The van der Waals surface area contributed by atoms with Gasteiger partial charge in [-0.15, -0.1) is 0 Å². The maximum Gasteiger partial charge on any atom is 0.320 e. The third-order valence-corrected chi connectivity index (χ3v) is 1.41. The van der Waals surface area contributed by atoms with Crippen molar-refractivity contribution in [2.45, 2.75) is 19.9 Å². The molecule has 70 valence electrons. The number of hydrogen-bond acceptors (Lipinski definition) is 3. The minimum atomic E-state index is -1.05. The van der Waals surface area contributed by atoms with Crippen molar-refractivity contribution in [3.05, 3.63) is 0 Å². The fourth-order valence-electron chi connectivity index (χ4n) is 0.805. The van der Waals surface area contributed by atoms with Crippen molar-refractivity contribution in [1.82, 2.24) is 5.32 Å². The zero-order valence-corrected chi connectivity index (χ0v) is 7.07. The van der Waals surface area contributed by atoms with Crippen LogP contribution in [0.1, 0.15) is 13.8 Å². The van der Waals surface area contributed by atoms with Crippen molar-refractivity contribution in [3.8, 4) is 0 Å². The molecule has 0 heterocycles. The first kappa shape index (κ1) is 10.9. The molecule has 12 heavy (non-hydrogen) atoms. The van der Waals surface area contributed by atoms with Crippen LogP contribution in [0.2, 0.25) is 0 Å². The second-order valence-corrected chi connectivity index (χ2v) is 2.83. The fraction of sp³-hybridized carbons (Fsp3) is 0.714. The number of carbonyl (C=O) groups is 2. The Morgan fingerprint density at radius 1 is 1.33 bits per heavy atom. The van der Waals surface area contributed by atoms with Gasteiger partial charge in [0.05, 0.1) is 6.54 Å². The van der Waals surface area contributed by atoms with Crippen molar-refractivity contribution < 1.29 is 19.8 Å². The molecule has 0 aromatic rings. The summed E-state index contributed by atoms with van der Waals surface area (Å²) in [7, 11) is 0. The average Bonchev–Trinajstić information content (AvgIpc) is 1.84. The second-order valence-electron chi connectivity index (χ2n) is 2.83. The Labute approximate surface area is 70.4 Å². The topological polar surface area (TPSA) is 86.6 Å². The first-order valence-electron chi connectivity index (χ1n) is 3.63. The van der Waals surface area contributed by atoms with Gasteiger partial charge in [0, 0.05) is 0 Å². The van der Waals surface area contributed by atoms with Crippen LogP contribution in [0.5, 0.6) is 0 Å². The molecule has 0 rings (SSSR count). The lowest BCUT2D eigenvalue weighted by molar-refractivity contribution is -0.141. The Morgan fingerprint density at radius 2 is 1.83 bits per heavy atom. The van der Waals surface area contributed by atoms with Crippen molar-refractivity contribution >= 4 is 11.9 Å². The highest BCUT2D eigenvalue weighted by atomic mass is 16.4. The molecule has 0 amide bonds. The lowest BCUT2D eigenvalue weighted by Crippen LogP contribution is -2.43. The molecule has 0 fully saturated rings. The van der Waals surface area contributed by atoms with E-state index in [1.165, 1.54) is 0 Å². The van der Waals surface area contributed by atoms with Gasteiger partial charge in [0.2, 0.25) is 0 Å². The van der Waals surface area contributed by atoms with Gasteiger partial charge < -0.3 is 10.2 Å². The highest BCUT2D eigenvalue weighted by Crippen LogP contribution is 2.00. The largest absolute Gasteiger partial charge is 0.480 e. The van der Waals surface area contributed by atoms with Gasteiger partial charge in [-0.3, -0.25) is 14.9 Å². The third-order valence-electron chi connectivity index (χ3n) is 1.41. The molecule has 0 saturated heterocycles. The molecule has 1 unspecified atom stereocenters. The molecule has 0 aromatic heterocycles. The molecular formula is C7H13NO4. The number of nitrogens with one attached hydrogen (secondary N) is 1. The standard InChI is InChI=1S/C7H13NO4/c1-4(2)6(7(11)12)8-3-5(9)10/h4,6,8H,3H2,1-2H3,(H,9,10)(H,11,12). The molecule has 0 bridgehead atoms. The summed E-state index contributed by atoms with van der Waals surface area (Å²) >= 11 is 0. The zero-order chi connectivity index (χ0) is 9.72. The fourth-order valence-corrected chi connectivity index (χ4v) is 0.805. The maximum absolute atomic E-state index is 10.5. The van der Waals surface area contributed by atoms with Crippen LogP contribution in [0, 0.1) is 5.92 Å². The summed E-state index contributed by atoms with van der Waals surface area (Å²) in [4.78, 5) is 20.6. The monoisotopic (exact) mass is 175 g/mol. The molecule has 0 aliphatic carbocycles. The van der Waals surface area contributed by atoms with Crippen LogP contribution in [0.3, 0.4) is 0 Å². The van der Waals surface area contributed by atoms with E-state index in [1.54, 1.807) is 13.8 Å². The predicted molar refractivity (Wildman–Crippen MR) is 41.9 cm³/mol. The second kappa shape index (κ2) is 4.71. The Morgan fingerprint density at radius 3 is 2.08 bits per heavy atom. The smallest absolute Gasteiger partial charge is 0.320 e. The average molecular weight is 175 g/mol. The van der Waals surface area contributed by atoms with Gasteiger partial charge in [-0.2, -0.15) is 0 Å². The van der Waals surface area contributed by atoms with E-state index in [9.17, 15) is 9.59 Å². The highest BCUT2D eigenvalue weighted by Gasteiger charge is 2.20. The SMILES string of the molecule is CC(C)C(NCC(=O)O)C(=O)O. The number of aliphatic carboxylic acids is 2. The summed E-state index contributed by atoms with van der Waals surface area (Å²) in [5.41, 5.74) is 0. The number of hydrogen-bond donors (Lipinski definition) is 3. The lowest BCUT2D eigenvalue weighted by Gasteiger charge is -2.16. The zero-order valence-electron chi connectivity index (χ0n) is 7.07. The Balaban J connectivity index is 3.97. The Bertz CT molecular complexity index is 178. The summed E-state index contributed by atoms with van der Waals surface area (Å²) in [5, 5.41) is 19.3. The van der Waals surface area contributed by atoms with Crippen LogP contribution in [0.4, 0.5) is 0 Å². The minimum absolute atomic E-state index is 0.123. The van der Waals surface area contributed by atoms with Gasteiger partial charge in [0.25, 0.3) is 0 Å². The molecule has 5 nitrogen and oxygen atoms in total. The van der Waals surface area contributed by atoms with Crippen LogP contribution < -0.4 is 5.32 Å². The molecule has 3 N–H and O–H groups in total. The molecule has 0 radical (unpaired) electrons. The van der Waals surface area contributed by atoms with E-state index in [0.29, 0.717) is 0 Å². The molecular weight excluding hydrogens is 162 g/mol. The first-order chi connectivity index (χ1) is 5.45. The summed E-state index contributed by atoms with van der Waals surface area (Å²) in [6.45, 7) is 3.11. The quantitative estimate of drug-likeness (QED) is 0.537. The summed E-state index contributed by atoms with van der Waals surface area (Å²) < 4.78 is 0. The maximum atomic E-state index is 10.5. The molecule has 0 aromatic carbocycles. The number of rotatable bonds is 5. The van der Waals surface area contributed by atoms with Crippen LogP contribution >= 0.6 is 0 Å². The molecule has 0 aliphatic rings. The van der Waals surface area contributed by atoms with E-state index in [2.05, 4.69) is 5.32 Å². The van der Waals surface area contributed by atoms with Gasteiger partial charge in [-0.25, -0.2) is 0 Å². The van der Waals surface area contributed by atoms with Gasteiger partial charge in [0.1, 0.15) is 6.04 Å². The van der Waals surface area contributed by atoms with Crippen molar-refractivity contribution in [2.24, 2.45) is 5.92 Å². The van der Waals surface area contributed by atoms with Crippen molar-refractivity contribution in [2.75, 3.05) is 6.54 Å². The van der Waals surface area contributed by atoms with E-state index in [-0.39, 0.29) is 12.5 Å². The summed E-state index contributed by atoms with van der Waals surface area (Å²) in [5.74, 6) is -2.20. The van der Waals surface area contributed by atoms with Gasteiger partial charge in [-0.1, -0.05) is 13.8 Å². The van der Waals surface area contributed by atoms with E-state index >= 15 is 0 Å². The van der Waals surface area contributed by atoms with Crippen LogP contribution in [-0.2, 0) is 9.59 Å². The van der Waals surface area contributed by atoms with E-state index in [1.807, 2.05) is 0 Å². The number of carboxylic acids is 2.